The number of piperidine rings is 1. The molecule has 1 spiro atoms. The first-order valence-corrected chi connectivity index (χ1v) is 8.33. The highest BCUT2D eigenvalue weighted by Gasteiger charge is 2.57. The van der Waals surface area contributed by atoms with Crippen molar-refractivity contribution < 1.29 is 19.1 Å². The number of rotatable bonds is 5. The Morgan fingerprint density at radius 2 is 2.04 bits per heavy atom. The van der Waals surface area contributed by atoms with E-state index in [-0.39, 0.29) is 17.2 Å². The summed E-state index contributed by atoms with van der Waals surface area (Å²) in [6.07, 6.45) is 3.16. The molecule has 1 aromatic carbocycles. The van der Waals surface area contributed by atoms with Gasteiger partial charge in [0.15, 0.2) is 0 Å². The minimum absolute atomic E-state index is 0.118. The molecular weight excluding hydrogens is 308 g/mol. The number of ether oxygens (including phenoxy) is 2. The smallest absolute Gasteiger partial charge is 0.341 e. The van der Waals surface area contributed by atoms with E-state index in [1.807, 2.05) is 6.07 Å². The molecule has 3 rings (SSSR count). The van der Waals surface area contributed by atoms with Crippen LogP contribution < -0.4 is 15.4 Å². The molecule has 1 unspecified atom stereocenters. The first kappa shape index (κ1) is 16.8. The number of methoxy groups -OCH3 is 2. The largest absolute Gasteiger partial charge is 0.496 e. The van der Waals surface area contributed by atoms with Gasteiger partial charge in [0.1, 0.15) is 11.3 Å². The molecule has 6 heteroatoms. The van der Waals surface area contributed by atoms with Crippen molar-refractivity contribution in [2.45, 2.75) is 25.8 Å². The quantitative estimate of drug-likeness (QED) is 0.799. The van der Waals surface area contributed by atoms with E-state index in [9.17, 15) is 9.59 Å². The number of amides is 1. The summed E-state index contributed by atoms with van der Waals surface area (Å²) in [6, 6.07) is 5.27. The van der Waals surface area contributed by atoms with Gasteiger partial charge >= 0.3 is 5.97 Å². The SMILES string of the molecule is COC(=O)c1cc(CNC(=O)C2CC23CCNCC3)ccc1OC. The van der Waals surface area contributed by atoms with Gasteiger partial charge in [0.2, 0.25) is 5.91 Å². The summed E-state index contributed by atoms with van der Waals surface area (Å²) < 4.78 is 9.95. The van der Waals surface area contributed by atoms with E-state index in [1.54, 1.807) is 12.1 Å². The molecule has 1 saturated carbocycles. The lowest BCUT2D eigenvalue weighted by Gasteiger charge is -2.23. The Morgan fingerprint density at radius 1 is 1.29 bits per heavy atom. The van der Waals surface area contributed by atoms with Gasteiger partial charge in [-0.3, -0.25) is 4.79 Å². The normalized spacial score (nSPS) is 21.2. The maximum atomic E-state index is 12.4. The number of carbonyl (C=O) groups excluding carboxylic acids is 2. The van der Waals surface area contributed by atoms with Gasteiger partial charge in [-0.25, -0.2) is 4.79 Å². The highest BCUT2D eigenvalue weighted by atomic mass is 16.5. The van der Waals surface area contributed by atoms with Gasteiger partial charge in [-0.1, -0.05) is 6.07 Å². The van der Waals surface area contributed by atoms with Gasteiger partial charge < -0.3 is 20.1 Å². The summed E-state index contributed by atoms with van der Waals surface area (Å²) in [4.78, 5) is 24.2. The van der Waals surface area contributed by atoms with Gasteiger partial charge in [0.05, 0.1) is 14.2 Å². The molecule has 1 amide bonds. The van der Waals surface area contributed by atoms with Gasteiger partial charge in [0.25, 0.3) is 0 Å². The second kappa shape index (κ2) is 6.81. The molecule has 1 aliphatic heterocycles. The summed E-state index contributed by atoms with van der Waals surface area (Å²) in [7, 11) is 2.84. The fraction of sp³-hybridized carbons (Fsp3) is 0.556. The van der Waals surface area contributed by atoms with Crippen LogP contribution in [0.4, 0.5) is 0 Å². The monoisotopic (exact) mass is 332 g/mol. The average molecular weight is 332 g/mol. The van der Waals surface area contributed by atoms with E-state index in [2.05, 4.69) is 10.6 Å². The molecule has 1 saturated heterocycles. The molecule has 24 heavy (non-hydrogen) atoms. The molecule has 1 atom stereocenters. The highest BCUT2D eigenvalue weighted by Crippen LogP contribution is 2.58. The molecule has 1 heterocycles. The Hall–Kier alpha value is -2.08. The topological polar surface area (TPSA) is 76.7 Å². The van der Waals surface area contributed by atoms with E-state index in [0.29, 0.717) is 17.9 Å². The van der Waals surface area contributed by atoms with Crippen molar-refractivity contribution in [2.75, 3.05) is 27.3 Å². The lowest BCUT2D eigenvalue weighted by Crippen LogP contribution is -2.33. The maximum Gasteiger partial charge on any atom is 0.341 e. The summed E-state index contributed by atoms with van der Waals surface area (Å²) >= 11 is 0. The van der Waals surface area contributed by atoms with Crippen molar-refractivity contribution in [3.63, 3.8) is 0 Å². The number of carbonyl (C=O) groups is 2. The summed E-state index contributed by atoms with van der Waals surface area (Å²) in [6.45, 7) is 2.41. The minimum Gasteiger partial charge on any atom is -0.496 e. The molecule has 2 fully saturated rings. The van der Waals surface area contributed by atoms with Gasteiger partial charge in [-0.2, -0.15) is 0 Å². The molecule has 0 aromatic heterocycles. The molecule has 0 bridgehead atoms. The van der Waals surface area contributed by atoms with E-state index in [4.69, 9.17) is 9.47 Å². The number of hydrogen-bond donors (Lipinski definition) is 2. The highest BCUT2D eigenvalue weighted by molar-refractivity contribution is 5.92. The van der Waals surface area contributed by atoms with Gasteiger partial charge in [0, 0.05) is 12.5 Å². The Kier molecular flexibility index (Phi) is 4.76. The third-order valence-corrected chi connectivity index (χ3v) is 5.24. The van der Waals surface area contributed by atoms with E-state index in [1.165, 1.54) is 14.2 Å². The molecule has 130 valence electrons. The average Bonchev–Trinajstić information content (AvgIpc) is 3.32. The van der Waals surface area contributed by atoms with E-state index >= 15 is 0 Å². The van der Waals surface area contributed by atoms with Crippen molar-refractivity contribution in [3.05, 3.63) is 29.3 Å². The third kappa shape index (κ3) is 3.24. The van der Waals surface area contributed by atoms with Crippen LogP contribution in [0.1, 0.15) is 35.2 Å². The first-order valence-electron chi connectivity index (χ1n) is 8.33. The van der Waals surface area contributed by atoms with Crippen LogP contribution >= 0.6 is 0 Å². The fourth-order valence-corrected chi connectivity index (χ4v) is 3.64. The van der Waals surface area contributed by atoms with Crippen LogP contribution in [0.25, 0.3) is 0 Å². The van der Waals surface area contributed by atoms with Crippen molar-refractivity contribution in [3.8, 4) is 5.75 Å². The zero-order chi connectivity index (χ0) is 17.2. The lowest BCUT2D eigenvalue weighted by molar-refractivity contribution is -0.123. The number of esters is 1. The van der Waals surface area contributed by atoms with E-state index < -0.39 is 5.97 Å². The van der Waals surface area contributed by atoms with Crippen LogP contribution in [0.3, 0.4) is 0 Å². The van der Waals surface area contributed by atoms with Crippen LogP contribution in [0, 0.1) is 11.3 Å². The predicted molar refractivity (Wildman–Crippen MR) is 88.8 cm³/mol. The molecule has 1 aromatic rings. The summed E-state index contributed by atoms with van der Waals surface area (Å²) in [5.74, 6) is 0.272. The number of nitrogens with one attached hydrogen (secondary N) is 2. The summed E-state index contributed by atoms with van der Waals surface area (Å²) in [5, 5.41) is 6.35. The van der Waals surface area contributed by atoms with Gasteiger partial charge in [-0.05, 0) is 55.5 Å². The predicted octanol–water partition coefficient (Wildman–Crippen LogP) is 1.49. The molecule has 2 aliphatic rings. The van der Waals surface area contributed by atoms with Crippen molar-refractivity contribution >= 4 is 11.9 Å². The second-order valence-corrected chi connectivity index (χ2v) is 6.61. The van der Waals surface area contributed by atoms with Gasteiger partial charge in [-0.15, -0.1) is 0 Å². The first-order chi connectivity index (χ1) is 11.6. The second-order valence-electron chi connectivity index (χ2n) is 6.61. The molecule has 1 aliphatic carbocycles. The molecule has 6 nitrogen and oxygen atoms in total. The van der Waals surface area contributed by atoms with Crippen molar-refractivity contribution in [1.82, 2.24) is 10.6 Å². The van der Waals surface area contributed by atoms with Crippen LogP contribution in [0.15, 0.2) is 18.2 Å². The fourth-order valence-electron chi connectivity index (χ4n) is 3.64. The standard InChI is InChI=1S/C18H24N2O4/c1-23-15-4-3-12(9-13(15)17(22)24-2)11-20-16(21)14-10-18(14)5-7-19-8-6-18/h3-4,9,14,19H,5-8,10-11H2,1-2H3,(H,20,21). The van der Waals surface area contributed by atoms with Crippen LogP contribution in [-0.2, 0) is 16.1 Å². The molecular formula is C18H24N2O4. The number of hydrogen-bond acceptors (Lipinski definition) is 5. The Bertz CT molecular complexity index is 638. The molecule has 0 radical (unpaired) electrons. The zero-order valence-electron chi connectivity index (χ0n) is 14.2. The van der Waals surface area contributed by atoms with Crippen molar-refractivity contribution in [2.24, 2.45) is 11.3 Å². The zero-order valence-corrected chi connectivity index (χ0v) is 14.2. The van der Waals surface area contributed by atoms with Crippen LogP contribution in [0.2, 0.25) is 0 Å². The van der Waals surface area contributed by atoms with Crippen LogP contribution in [-0.4, -0.2) is 39.2 Å². The van der Waals surface area contributed by atoms with Crippen LogP contribution in [0.5, 0.6) is 5.75 Å². The Labute approximate surface area is 141 Å². The number of benzene rings is 1. The maximum absolute atomic E-state index is 12.4. The third-order valence-electron chi connectivity index (χ3n) is 5.24. The minimum atomic E-state index is -0.448. The Morgan fingerprint density at radius 3 is 2.71 bits per heavy atom. The summed E-state index contributed by atoms with van der Waals surface area (Å²) in [5.41, 5.74) is 1.45. The molecule has 2 N–H and O–H groups in total. The lowest BCUT2D eigenvalue weighted by atomic mass is 9.92. The van der Waals surface area contributed by atoms with Crippen molar-refractivity contribution in [1.29, 1.82) is 0 Å². The Balaban J connectivity index is 1.60. The van der Waals surface area contributed by atoms with E-state index in [0.717, 1.165) is 37.9 Å².